The summed E-state index contributed by atoms with van der Waals surface area (Å²) in [5.74, 6) is -0.506. The van der Waals surface area contributed by atoms with Crippen molar-refractivity contribution in [3.8, 4) is 5.75 Å². The molecular formula is C20H17ClN2O4S. The van der Waals surface area contributed by atoms with Crippen molar-refractivity contribution in [1.82, 2.24) is 4.90 Å². The van der Waals surface area contributed by atoms with Crippen molar-refractivity contribution in [3.63, 3.8) is 0 Å². The zero-order chi connectivity index (χ0) is 20.3. The number of ether oxygens (including phenoxy) is 1. The Morgan fingerprint density at radius 3 is 2.68 bits per heavy atom. The van der Waals surface area contributed by atoms with E-state index in [9.17, 15) is 14.4 Å². The van der Waals surface area contributed by atoms with Crippen molar-refractivity contribution in [2.45, 2.75) is 6.92 Å². The van der Waals surface area contributed by atoms with Gasteiger partial charge in [0.05, 0.1) is 17.0 Å². The summed E-state index contributed by atoms with van der Waals surface area (Å²) in [6.07, 6.45) is 1.67. The van der Waals surface area contributed by atoms with Crippen LogP contribution in [0.4, 0.5) is 10.5 Å². The quantitative estimate of drug-likeness (QED) is 0.734. The molecule has 2 aromatic rings. The summed E-state index contributed by atoms with van der Waals surface area (Å²) >= 11 is 6.85. The third kappa shape index (κ3) is 4.37. The van der Waals surface area contributed by atoms with Gasteiger partial charge in [0.15, 0.2) is 0 Å². The summed E-state index contributed by atoms with van der Waals surface area (Å²) in [6.45, 7) is 1.54. The SMILES string of the molecule is COc1ccc(NC(=O)CN2C(=O)S/C(=C/c3ccccc3C)C2=O)cc1Cl. The maximum Gasteiger partial charge on any atom is 0.294 e. The Kier molecular flexibility index (Phi) is 6.06. The molecule has 0 aliphatic carbocycles. The number of anilines is 1. The monoisotopic (exact) mass is 416 g/mol. The molecule has 28 heavy (non-hydrogen) atoms. The first-order chi connectivity index (χ1) is 13.4. The maximum absolute atomic E-state index is 12.6. The molecular weight excluding hydrogens is 400 g/mol. The van der Waals surface area contributed by atoms with Gasteiger partial charge in [0, 0.05) is 5.69 Å². The first-order valence-electron chi connectivity index (χ1n) is 8.33. The molecule has 1 aliphatic heterocycles. The van der Waals surface area contributed by atoms with Gasteiger partial charge in [0.1, 0.15) is 12.3 Å². The number of halogens is 1. The Morgan fingerprint density at radius 1 is 1.25 bits per heavy atom. The van der Waals surface area contributed by atoms with Gasteiger partial charge < -0.3 is 10.1 Å². The first kappa shape index (κ1) is 20.0. The second-order valence-electron chi connectivity index (χ2n) is 6.02. The standard InChI is InChI=1S/C20H17ClN2O4S/c1-12-5-3-4-6-13(12)9-17-19(25)23(20(26)28-17)11-18(24)22-14-7-8-16(27-2)15(21)10-14/h3-10H,11H2,1-2H3,(H,22,24)/b17-9+. The summed E-state index contributed by atoms with van der Waals surface area (Å²) in [5, 5.41) is 2.48. The molecule has 8 heteroatoms. The highest BCUT2D eigenvalue weighted by Crippen LogP contribution is 2.33. The predicted octanol–water partition coefficient (Wildman–Crippen LogP) is 4.33. The lowest BCUT2D eigenvalue weighted by molar-refractivity contribution is -0.127. The molecule has 3 amide bonds. The van der Waals surface area contributed by atoms with E-state index in [2.05, 4.69) is 5.32 Å². The third-order valence-electron chi connectivity index (χ3n) is 4.09. The molecule has 1 fully saturated rings. The molecule has 2 aromatic carbocycles. The number of imide groups is 1. The highest BCUT2D eigenvalue weighted by molar-refractivity contribution is 8.18. The Balaban J connectivity index is 1.69. The van der Waals surface area contributed by atoms with Gasteiger partial charge in [-0.1, -0.05) is 35.9 Å². The van der Waals surface area contributed by atoms with Crippen LogP contribution in [-0.2, 0) is 9.59 Å². The van der Waals surface area contributed by atoms with Crippen LogP contribution in [0.15, 0.2) is 47.4 Å². The molecule has 0 saturated carbocycles. The van der Waals surface area contributed by atoms with Crippen molar-refractivity contribution in [3.05, 3.63) is 63.5 Å². The molecule has 3 rings (SSSR count). The van der Waals surface area contributed by atoms with Crippen molar-refractivity contribution in [2.75, 3.05) is 19.0 Å². The minimum atomic E-state index is -0.499. The number of nitrogens with one attached hydrogen (secondary N) is 1. The van der Waals surface area contributed by atoms with Crippen LogP contribution in [0, 0.1) is 6.92 Å². The van der Waals surface area contributed by atoms with E-state index in [-0.39, 0.29) is 6.54 Å². The van der Waals surface area contributed by atoms with Gasteiger partial charge in [-0.2, -0.15) is 0 Å². The molecule has 1 aliphatic rings. The molecule has 0 spiro atoms. The smallest absolute Gasteiger partial charge is 0.294 e. The Labute approximate surface area is 171 Å². The van der Waals surface area contributed by atoms with Crippen LogP contribution in [0.1, 0.15) is 11.1 Å². The van der Waals surface area contributed by atoms with Gasteiger partial charge >= 0.3 is 0 Å². The summed E-state index contributed by atoms with van der Waals surface area (Å²) in [4.78, 5) is 38.3. The van der Waals surface area contributed by atoms with Crippen LogP contribution >= 0.6 is 23.4 Å². The van der Waals surface area contributed by atoms with Gasteiger partial charge in [0.2, 0.25) is 5.91 Å². The zero-order valence-corrected chi connectivity index (χ0v) is 16.8. The van der Waals surface area contributed by atoms with Gasteiger partial charge in [-0.25, -0.2) is 0 Å². The van der Waals surface area contributed by atoms with Crippen molar-refractivity contribution in [2.24, 2.45) is 0 Å². The summed E-state index contributed by atoms with van der Waals surface area (Å²) < 4.78 is 5.06. The summed E-state index contributed by atoms with van der Waals surface area (Å²) in [5.41, 5.74) is 2.28. The van der Waals surface area contributed by atoms with E-state index in [4.69, 9.17) is 16.3 Å². The number of nitrogens with zero attached hydrogens (tertiary/aromatic N) is 1. The lowest BCUT2D eigenvalue weighted by Gasteiger charge is -2.13. The van der Waals surface area contributed by atoms with Gasteiger partial charge in [-0.3, -0.25) is 19.3 Å². The number of aryl methyl sites for hydroxylation is 1. The number of hydrogen-bond donors (Lipinski definition) is 1. The highest BCUT2D eigenvalue weighted by Gasteiger charge is 2.36. The molecule has 0 bridgehead atoms. The summed E-state index contributed by atoms with van der Waals surface area (Å²) in [6, 6.07) is 12.3. The minimum absolute atomic E-state index is 0.291. The van der Waals surface area contributed by atoms with E-state index in [0.29, 0.717) is 21.4 Å². The van der Waals surface area contributed by atoms with Crippen LogP contribution in [0.5, 0.6) is 5.75 Å². The van der Waals surface area contributed by atoms with E-state index in [0.717, 1.165) is 27.8 Å². The number of hydrogen-bond acceptors (Lipinski definition) is 5. The van der Waals surface area contributed by atoms with Crippen LogP contribution in [0.3, 0.4) is 0 Å². The molecule has 1 saturated heterocycles. The summed E-state index contributed by atoms with van der Waals surface area (Å²) in [7, 11) is 1.49. The highest BCUT2D eigenvalue weighted by atomic mass is 35.5. The van der Waals surface area contributed by atoms with Crippen LogP contribution in [0.25, 0.3) is 6.08 Å². The Morgan fingerprint density at radius 2 is 2.00 bits per heavy atom. The van der Waals surface area contributed by atoms with Crippen LogP contribution in [-0.4, -0.2) is 35.6 Å². The number of carbonyl (C=O) groups excluding carboxylic acids is 3. The fraction of sp³-hybridized carbons (Fsp3) is 0.150. The Hall–Kier alpha value is -2.77. The lowest BCUT2D eigenvalue weighted by Crippen LogP contribution is -2.36. The van der Waals surface area contributed by atoms with Crippen molar-refractivity contribution < 1.29 is 19.1 Å². The fourth-order valence-electron chi connectivity index (χ4n) is 2.61. The molecule has 0 unspecified atom stereocenters. The number of carbonyl (C=O) groups is 3. The maximum atomic E-state index is 12.6. The lowest BCUT2D eigenvalue weighted by atomic mass is 10.1. The largest absolute Gasteiger partial charge is 0.495 e. The number of methoxy groups -OCH3 is 1. The number of benzene rings is 2. The van der Waals surface area contributed by atoms with Crippen LogP contribution in [0.2, 0.25) is 5.02 Å². The molecule has 6 nitrogen and oxygen atoms in total. The number of rotatable bonds is 5. The molecule has 1 heterocycles. The molecule has 0 atom stereocenters. The molecule has 144 valence electrons. The second-order valence-corrected chi connectivity index (χ2v) is 7.42. The van der Waals surface area contributed by atoms with Gasteiger partial charge in [-0.05, 0) is 54.1 Å². The van der Waals surface area contributed by atoms with E-state index in [1.165, 1.54) is 13.2 Å². The normalized spacial score (nSPS) is 15.2. The van der Waals surface area contributed by atoms with E-state index < -0.39 is 17.1 Å². The minimum Gasteiger partial charge on any atom is -0.495 e. The van der Waals surface area contributed by atoms with Crippen molar-refractivity contribution in [1.29, 1.82) is 0 Å². The van der Waals surface area contributed by atoms with Crippen molar-refractivity contribution >= 4 is 52.2 Å². The van der Waals surface area contributed by atoms with Gasteiger partial charge in [0.25, 0.3) is 11.1 Å². The Bertz CT molecular complexity index is 990. The predicted molar refractivity (Wildman–Crippen MR) is 110 cm³/mol. The average Bonchev–Trinajstić information content (AvgIpc) is 2.91. The van der Waals surface area contributed by atoms with E-state index in [1.54, 1.807) is 18.2 Å². The number of thioether (sulfide) groups is 1. The third-order valence-corrected chi connectivity index (χ3v) is 5.29. The molecule has 1 N–H and O–H groups in total. The second kappa shape index (κ2) is 8.50. The van der Waals surface area contributed by atoms with Crippen LogP contribution < -0.4 is 10.1 Å². The average molecular weight is 417 g/mol. The molecule has 0 aromatic heterocycles. The first-order valence-corrected chi connectivity index (χ1v) is 9.53. The topological polar surface area (TPSA) is 75.7 Å². The van der Waals surface area contributed by atoms with E-state index in [1.807, 2.05) is 31.2 Å². The number of amides is 3. The zero-order valence-electron chi connectivity index (χ0n) is 15.2. The van der Waals surface area contributed by atoms with E-state index >= 15 is 0 Å². The van der Waals surface area contributed by atoms with Gasteiger partial charge in [-0.15, -0.1) is 0 Å². The fourth-order valence-corrected chi connectivity index (χ4v) is 3.70. The molecule has 0 radical (unpaired) electrons.